The van der Waals surface area contributed by atoms with Gasteiger partial charge in [0.15, 0.2) is 5.82 Å². The number of hydrogen-bond acceptors (Lipinski definition) is 4. The molecular formula is C24H29BrN4O2. The van der Waals surface area contributed by atoms with Crippen molar-refractivity contribution in [1.29, 1.82) is 0 Å². The van der Waals surface area contributed by atoms with Gasteiger partial charge in [-0.2, -0.15) is 5.10 Å². The van der Waals surface area contributed by atoms with E-state index >= 15 is 0 Å². The molecule has 0 spiro atoms. The molecule has 0 N–H and O–H groups in total. The van der Waals surface area contributed by atoms with Crippen molar-refractivity contribution in [2.24, 2.45) is 11.8 Å². The van der Waals surface area contributed by atoms with Crippen LogP contribution in [-0.2, 0) is 28.9 Å². The number of ether oxygens (including phenoxy) is 1. The number of carbonyl (C=O) groups excluding carboxylic acids is 1. The molecule has 164 valence electrons. The smallest absolute Gasteiger partial charge is 0.219 e. The highest BCUT2D eigenvalue weighted by Gasteiger charge is 2.39. The molecule has 1 unspecified atom stereocenters. The van der Waals surface area contributed by atoms with Gasteiger partial charge in [-0.1, -0.05) is 15.9 Å². The lowest BCUT2D eigenvalue weighted by atomic mass is 9.88. The quantitative estimate of drug-likeness (QED) is 0.653. The van der Waals surface area contributed by atoms with Crippen LogP contribution in [-0.4, -0.2) is 46.9 Å². The highest BCUT2D eigenvalue weighted by atomic mass is 79.9. The van der Waals surface area contributed by atoms with Crippen LogP contribution in [0.1, 0.15) is 49.0 Å². The summed E-state index contributed by atoms with van der Waals surface area (Å²) in [7, 11) is 0. The first-order chi connectivity index (χ1) is 15.1. The van der Waals surface area contributed by atoms with E-state index in [1.807, 2.05) is 4.90 Å². The van der Waals surface area contributed by atoms with E-state index in [2.05, 4.69) is 43.7 Å². The summed E-state index contributed by atoms with van der Waals surface area (Å²) in [6.07, 6.45) is 5.73. The van der Waals surface area contributed by atoms with E-state index in [-0.39, 0.29) is 5.91 Å². The van der Waals surface area contributed by atoms with Gasteiger partial charge in [-0.3, -0.25) is 9.48 Å². The van der Waals surface area contributed by atoms with E-state index in [0.29, 0.717) is 18.5 Å². The molecule has 0 bridgehead atoms. The maximum absolute atomic E-state index is 12.2. The molecule has 1 aromatic carbocycles. The summed E-state index contributed by atoms with van der Waals surface area (Å²) in [5.74, 6) is 2.71. The molecule has 0 radical (unpaired) electrons. The van der Waals surface area contributed by atoms with Gasteiger partial charge < -0.3 is 14.5 Å². The van der Waals surface area contributed by atoms with Crippen LogP contribution in [0.25, 0.3) is 0 Å². The molecule has 2 atom stereocenters. The third-order valence-electron chi connectivity index (χ3n) is 7.54. The van der Waals surface area contributed by atoms with Gasteiger partial charge >= 0.3 is 0 Å². The summed E-state index contributed by atoms with van der Waals surface area (Å²) in [5.41, 5.74) is 5.22. The number of carbonyl (C=O) groups is 1. The zero-order valence-corrected chi connectivity index (χ0v) is 19.6. The van der Waals surface area contributed by atoms with Crippen LogP contribution in [0.3, 0.4) is 0 Å². The van der Waals surface area contributed by atoms with Gasteiger partial charge in [-0.25, -0.2) is 0 Å². The van der Waals surface area contributed by atoms with Crippen LogP contribution < -0.4 is 4.90 Å². The van der Waals surface area contributed by atoms with Crippen LogP contribution in [0.2, 0.25) is 0 Å². The van der Waals surface area contributed by atoms with E-state index in [1.54, 1.807) is 6.92 Å². The van der Waals surface area contributed by atoms with E-state index in [9.17, 15) is 4.79 Å². The minimum atomic E-state index is 0.146. The van der Waals surface area contributed by atoms with Gasteiger partial charge in [0.1, 0.15) is 0 Å². The molecule has 6 rings (SSSR count). The largest absolute Gasteiger partial charge is 0.379 e. The average molecular weight is 485 g/mol. The van der Waals surface area contributed by atoms with Gasteiger partial charge in [-0.05, 0) is 61.3 Å². The van der Waals surface area contributed by atoms with E-state index in [1.165, 1.54) is 35.3 Å². The molecule has 1 saturated heterocycles. The first-order valence-corrected chi connectivity index (χ1v) is 12.4. The molecule has 1 aromatic heterocycles. The highest BCUT2D eigenvalue weighted by Crippen LogP contribution is 2.47. The second-order valence-corrected chi connectivity index (χ2v) is 10.5. The van der Waals surface area contributed by atoms with Crippen molar-refractivity contribution >= 4 is 33.3 Å². The standard InChI is InChI=1S/C24H29BrN4O2/c1-15(30)27-8-6-23-21(13-27)24(26-29(23)20-7-9-31-14-20)28-12-18(16-2-3-16)10-17-11-19(25)4-5-22(17)28/h4-5,11,16,18,20H,2-3,6-10,12-14H2,1H3/t18?,20-/m0/s1. The fourth-order valence-electron chi connectivity index (χ4n) is 5.68. The number of fused-ring (bicyclic) bond motifs is 2. The minimum Gasteiger partial charge on any atom is -0.379 e. The minimum absolute atomic E-state index is 0.146. The first-order valence-electron chi connectivity index (χ1n) is 11.6. The molecular weight excluding hydrogens is 456 g/mol. The third-order valence-corrected chi connectivity index (χ3v) is 8.03. The molecule has 1 aliphatic carbocycles. The maximum atomic E-state index is 12.2. The first kappa shape index (κ1) is 19.8. The molecule has 4 heterocycles. The van der Waals surface area contributed by atoms with Crippen LogP contribution >= 0.6 is 15.9 Å². The number of amides is 1. The van der Waals surface area contributed by atoms with Crippen molar-refractivity contribution in [2.75, 3.05) is 31.2 Å². The lowest BCUT2D eigenvalue weighted by molar-refractivity contribution is -0.129. The topological polar surface area (TPSA) is 50.6 Å². The third kappa shape index (κ3) is 3.50. The Labute approximate surface area is 191 Å². The lowest BCUT2D eigenvalue weighted by Gasteiger charge is -2.36. The zero-order chi connectivity index (χ0) is 21.1. The Bertz CT molecular complexity index is 1020. The average Bonchev–Trinajstić information content (AvgIpc) is 3.34. The van der Waals surface area contributed by atoms with E-state index < -0.39 is 0 Å². The number of aromatic nitrogens is 2. The summed E-state index contributed by atoms with van der Waals surface area (Å²) < 4.78 is 9.08. The molecule has 2 fully saturated rings. The second kappa shape index (κ2) is 7.62. The van der Waals surface area contributed by atoms with Gasteiger partial charge in [-0.15, -0.1) is 0 Å². The van der Waals surface area contributed by atoms with Crippen LogP contribution in [0.5, 0.6) is 0 Å². The fraction of sp³-hybridized carbons (Fsp3) is 0.583. The van der Waals surface area contributed by atoms with Crippen molar-refractivity contribution < 1.29 is 9.53 Å². The summed E-state index contributed by atoms with van der Waals surface area (Å²) in [5, 5.41) is 5.24. The summed E-state index contributed by atoms with van der Waals surface area (Å²) >= 11 is 3.68. The van der Waals surface area contributed by atoms with Crippen LogP contribution in [0, 0.1) is 11.8 Å². The SMILES string of the molecule is CC(=O)N1CCc2c(c(N3CC(C4CC4)Cc4cc(Br)ccc43)nn2[C@H]2CCOC2)C1. The number of rotatable bonds is 3. The van der Waals surface area contributed by atoms with Crippen molar-refractivity contribution in [3.63, 3.8) is 0 Å². The maximum Gasteiger partial charge on any atom is 0.219 e. The molecule has 4 aliphatic rings. The van der Waals surface area contributed by atoms with Gasteiger partial charge in [0.2, 0.25) is 5.91 Å². The van der Waals surface area contributed by atoms with Crippen LogP contribution in [0.4, 0.5) is 11.5 Å². The number of hydrogen-bond donors (Lipinski definition) is 0. The lowest BCUT2D eigenvalue weighted by Crippen LogP contribution is -2.37. The van der Waals surface area contributed by atoms with Crippen LogP contribution in [0.15, 0.2) is 22.7 Å². The number of anilines is 2. The molecule has 6 nitrogen and oxygen atoms in total. The predicted molar refractivity (Wildman–Crippen MR) is 123 cm³/mol. The van der Waals surface area contributed by atoms with Crippen molar-refractivity contribution in [2.45, 2.75) is 51.6 Å². The molecule has 3 aliphatic heterocycles. The van der Waals surface area contributed by atoms with Crippen molar-refractivity contribution in [3.05, 3.63) is 39.5 Å². The summed E-state index contributed by atoms with van der Waals surface area (Å²) in [6.45, 7) is 5.66. The number of halogens is 1. The Morgan fingerprint density at radius 2 is 2.10 bits per heavy atom. The van der Waals surface area contributed by atoms with Gasteiger partial charge in [0, 0.05) is 54.5 Å². The Morgan fingerprint density at radius 3 is 2.84 bits per heavy atom. The fourth-order valence-corrected chi connectivity index (χ4v) is 6.08. The number of nitrogens with zero attached hydrogens (tertiary/aromatic N) is 4. The monoisotopic (exact) mass is 484 g/mol. The van der Waals surface area contributed by atoms with Gasteiger partial charge in [0.05, 0.1) is 19.2 Å². The van der Waals surface area contributed by atoms with Crippen molar-refractivity contribution in [1.82, 2.24) is 14.7 Å². The molecule has 7 heteroatoms. The molecule has 2 aromatic rings. The zero-order valence-electron chi connectivity index (χ0n) is 18.0. The predicted octanol–water partition coefficient (Wildman–Crippen LogP) is 4.23. The van der Waals surface area contributed by atoms with Crippen molar-refractivity contribution in [3.8, 4) is 0 Å². The molecule has 1 saturated carbocycles. The second-order valence-electron chi connectivity index (χ2n) is 9.59. The highest BCUT2D eigenvalue weighted by molar-refractivity contribution is 9.10. The summed E-state index contributed by atoms with van der Waals surface area (Å²) in [6, 6.07) is 6.96. The normalized spacial score (nSPS) is 25.5. The Morgan fingerprint density at radius 1 is 1.23 bits per heavy atom. The Balaban J connectivity index is 1.46. The Kier molecular flexibility index (Phi) is 4.87. The van der Waals surface area contributed by atoms with E-state index in [0.717, 1.165) is 61.8 Å². The number of benzene rings is 1. The van der Waals surface area contributed by atoms with E-state index in [4.69, 9.17) is 9.84 Å². The summed E-state index contributed by atoms with van der Waals surface area (Å²) in [4.78, 5) is 16.6. The van der Waals surface area contributed by atoms with Gasteiger partial charge in [0.25, 0.3) is 0 Å². The molecule has 31 heavy (non-hydrogen) atoms. The Hall–Kier alpha value is -1.86. The molecule has 1 amide bonds.